The number of amides is 2. The van der Waals surface area contributed by atoms with E-state index in [9.17, 15) is 9.59 Å². The fraction of sp³-hybridized carbons (Fsp3) is 0.238. The summed E-state index contributed by atoms with van der Waals surface area (Å²) in [5, 5.41) is 7.37. The van der Waals surface area contributed by atoms with Gasteiger partial charge in [0.1, 0.15) is 0 Å². The number of benzene rings is 2. The van der Waals surface area contributed by atoms with Crippen molar-refractivity contribution >= 4 is 45.0 Å². The Labute approximate surface area is 187 Å². The van der Waals surface area contributed by atoms with E-state index in [-0.39, 0.29) is 31.2 Å². The fourth-order valence-electron chi connectivity index (χ4n) is 2.74. The number of aromatic nitrogens is 2. The van der Waals surface area contributed by atoms with E-state index in [4.69, 9.17) is 16.1 Å². The Kier molecular flexibility index (Phi) is 7.23. The predicted molar refractivity (Wildman–Crippen MR) is 118 cm³/mol. The highest BCUT2D eigenvalue weighted by atomic mass is 79.9. The molecule has 0 aliphatic rings. The lowest BCUT2D eigenvalue weighted by molar-refractivity contribution is -0.133. The van der Waals surface area contributed by atoms with Crippen molar-refractivity contribution in [1.29, 1.82) is 0 Å². The zero-order valence-electron chi connectivity index (χ0n) is 16.5. The van der Waals surface area contributed by atoms with Crippen LogP contribution in [0.25, 0.3) is 11.4 Å². The van der Waals surface area contributed by atoms with Gasteiger partial charge >= 0.3 is 0 Å². The van der Waals surface area contributed by atoms with Gasteiger partial charge in [0.2, 0.25) is 23.5 Å². The van der Waals surface area contributed by atoms with Crippen LogP contribution in [0.2, 0.25) is 5.02 Å². The molecular weight excluding hydrogens is 472 g/mol. The van der Waals surface area contributed by atoms with Crippen molar-refractivity contribution in [1.82, 2.24) is 15.0 Å². The SMILES string of the molecule is Cc1cc(Br)ccc1NC(=O)CN(C)C(=O)CCc1nc(-c2ccc(Cl)cc2)no1. The first-order valence-corrected chi connectivity index (χ1v) is 10.4. The molecule has 2 aromatic carbocycles. The van der Waals surface area contributed by atoms with Gasteiger partial charge in [-0.05, 0) is 55.0 Å². The molecule has 0 saturated carbocycles. The molecule has 0 fully saturated rings. The lowest BCUT2D eigenvalue weighted by atomic mass is 10.2. The molecule has 0 saturated heterocycles. The number of nitrogens with zero attached hydrogens (tertiary/aromatic N) is 3. The van der Waals surface area contributed by atoms with Crippen LogP contribution in [0.3, 0.4) is 0 Å². The predicted octanol–water partition coefficient (Wildman–Crippen LogP) is 4.49. The Bertz CT molecular complexity index is 1050. The molecule has 30 heavy (non-hydrogen) atoms. The van der Waals surface area contributed by atoms with E-state index in [0.29, 0.717) is 22.4 Å². The van der Waals surface area contributed by atoms with Crippen molar-refractivity contribution in [2.75, 3.05) is 18.9 Å². The van der Waals surface area contributed by atoms with Crippen LogP contribution in [0, 0.1) is 6.92 Å². The number of carbonyl (C=O) groups excluding carboxylic acids is 2. The molecule has 2 amide bonds. The van der Waals surface area contributed by atoms with Crippen molar-refractivity contribution in [3.8, 4) is 11.4 Å². The number of aryl methyl sites for hydroxylation is 2. The van der Waals surface area contributed by atoms with E-state index >= 15 is 0 Å². The van der Waals surface area contributed by atoms with Crippen molar-refractivity contribution in [3.63, 3.8) is 0 Å². The van der Waals surface area contributed by atoms with Gasteiger partial charge < -0.3 is 14.7 Å². The fourth-order valence-corrected chi connectivity index (χ4v) is 3.34. The van der Waals surface area contributed by atoms with Crippen LogP contribution in [0.5, 0.6) is 0 Å². The Morgan fingerprint density at radius 1 is 1.20 bits per heavy atom. The Morgan fingerprint density at radius 3 is 2.63 bits per heavy atom. The molecule has 0 spiro atoms. The molecule has 7 nitrogen and oxygen atoms in total. The number of hydrogen-bond donors (Lipinski definition) is 1. The summed E-state index contributed by atoms with van der Waals surface area (Å²) >= 11 is 9.26. The molecule has 0 aliphatic carbocycles. The number of rotatable bonds is 7. The van der Waals surface area contributed by atoms with Crippen LogP contribution in [-0.4, -0.2) is 40.4 Å². The standard InChI is InChI=1S/C21H20BrClN4O3/c1-13-11-15(22)5-8-17(13)24-18(28)12-27(2)20(29)10-9-19-25-21(26-30-19)14-3-6-16(23)7-4-14/h3-8,11H,9-10,12H2,1-2H3,(H,24,28). The molecular formula is C21H20BrClN4O3. The van der Waals surface area contributed by atoms with Gasteiger partial charge in [-0.3, -0.25) is 9.59 Å². The van der Waals surface area contributed by atoms with Crippen molar-refractivity contribution in [2.24, 2.45) is 0 Å². The van der Waals surface area contributed by atoms with E-state index < -0.39 is 0 Å². The minimum Gasteiger partial charge on any atom is -0.339 e. The molecule has 0 bridgehead atoms. The van der Waals surface area contributed by atoms with Gasteiger partial charge in [0.05, 0.1) is 6.54 Å². The largest absolute Gasteiger partial charge is 0.339 e. The summed E-state index contributed by atoms with van der Waals surface area (Å²) < 4.78 is 6.15. The van der Waals surface area contributed by atoms with E-state index in [1.54, 1.807) is 31.3 Å². The first-order chi connectivity index (χ1) is 14.3. The number of hydrogen-bond acceptors (Lipinski definition) is 5. The molecule has 3 aromatic rings. The van der Waals surface area contributed by atoms with E-state index in [1.807, 2.05) is 25.1 Å². The third-order valence-corrected chi connectivity index (χ3v) is 5.14. The van der Waals surface area contributed by atoms with Gasteiger partial charge in [0, 0.05) is 40.6 Å². The van der Waals surface area contributed by atoms with Crippen LogP contribution in [0.15, 0.2) is 51.5 Å². The van der Waals surface area contributed by atoms with Crippen LogP contribution < -0.4 is 5.32 Å². The second-order valence-electron chi connectivity index (χ2n) is 6.78. The maximum atomic E-state index is 12.4. The summed E-state index contributed by atoms with van der Waals surface area (Å²) in [6.45, 7) is 1.85. The van der Waals surface area contributed by atoms with Gasteiger partial charge in [-0.1, -0.05) is 32.7 Å². The van der Waals surface area contributed by atoms with E-state index in [1.165, 1.54) is 4.90 Å². The highest BCUT2D eigenvalue weighted by molar-refractivity contribution is 9.10. The summed E-state index contributed by atoms with van der Waals surface area (Å²) in [7, 11) is 1.59. The third kappa shape index (κ3) is 5.90. The minimum atomic E-state index is -0.265. The van der Waals surface area contributed by atoms with E-state index in [2.05, 4.69) is 31.4 Å². The minimum absolute atomic E-state index is 0.0474. The molecule has 0 unspecified atom stereocenters. The van der Waals surface area contributed by atoms with Gasteiger partial charge in [0.25, 0.3) is 0 Å². The molecule has 0 aliphatic heterocycles. The topological polar surface area (TPSA) is 88.3 Å². The lowest BCUT2D eigenvalue weighted by Crippen LogP contribution is -2.35. The van der Waals surface area contributed by atoms with Crippen LogP contribution in [-0.2, 0) is 16.0 Å². The van der Waals surface area contributed by atoms with Gasteiger partial charge in [0.15, 0.2) is 0 Å². The lowest BCUT2D eigenvalue weighted by Gasteiger charge is -2.17. The Balaban J connectivity index is 1.49. The number of anilines is 1. The average Bonchev–Trinajstić information content (AvgIpc) is 3.17. The number of likely N-dealkylation sites (N-methyl/N-ethyl adjacent to an activating group) is 1. The van der Waals surface area contributed by atoms with Crippen LogP contribution >= 0.6 is 27.5 Å². The van der Waals surface area contributed by atoms with Crippen molar-refractivity contribution in [2.45, 2.75) is 19.8 Å². The Hall–Kier alpha value is -2.71. The molecule has 156 valence electrons. The zero-order valence-corrected chi connectivity index (χ0v) is 18.8. The van der Waals surface area contributed by atoms with E-state index in [0.717, 1.165) is 15.6 Å². The van der Waals surface area contributed by atoms with Crippen LogP contribution in [0.4, 0.5) is 5.69 Å². The quantitative estimate of drug-likeness (QED) is 0.526. The third-order valence-electron chi connectivity index (χ3n) is 4.39. The average molecular weight is 492 g/mol. The molecule has 1 aromatic heterocycles. The second-order valence-corrected chi connectivity index (χ2v) is 8.13. The first kappa shape index (κ1) is 22.0. The Morgan fingerprint density at radius 2 is 1.93 bits per heavy atom. The monoisotopic (exact) mass is 490 g/mol. The first-order valence-electron chi connectivity index (χ1n) is 9.20. The maximum Gasteiger partial charge on any atom is 0.243 e. The summed E-state index contributed by atoms with van der Waals surface area (Å²) in [6.07, 6.45) is 0.445. The summed E-state index contributed by atoms with van der Waals surface area (Å²) in [5.74, 6) is 0.339. The summed E-state index contributed by atoms with van der Waals surface area (Å²) in [4.78, 5) is 30.3. The smallest absolute Gasteiger partial charge is 0.243 e. The van der Waals surface area contributed by atoms with Crippen molar-refractivity contribution in [3.05, 3.63) is 63.4 Å². The molecule has 1 heterocycles. The summed E-state index contributed by atoms with van der Waals surface area (Å²) in [5.41, 5.74) is 2.42. The zero-order chi connectivity index (χ0) is 21.7. The van der Waals surface area contributed by atoms with Crippen molar-refractivity contribution < 1.29 is 14.1 Å². The number of carbonyl (C=O) groups is 2. The molecule has 0 atom stereocenters. The molecule has 1 N–H and O–H groups in total. The highest BCUT2D eigenvalue weighted by Gasteiger charge is 2.16. The van der Waals surface area contributed by atoms with Gasteiger partial charge in [-0.15, -0.1) is 0 Å². The molecule has 3 rings (SSSR count). The van der Waals surface area contributed by atoms with Gasteiger partial charge in [-0.2, -0.15) is 4.98 Å². The second kappa shape index (κ2) is 9.86. The number of halogens is 2. The van der Waals surface area contributed by atoms with Crippen LogP contribution in [0.1, 0.15) is 17.9 Å². The number of nitrogens with one attached hydrogen (secondary N) is 1. The van der Waals surface area contributed by atoms with Gasteiger partial charge in [-0.25, -0.2) is 0 Å². The molecule has 0 radical (unpaired) electrons. The normalized spacial score (nSPS) is 10.7. The highest BCUT2D eigenvalue weighted by Crippen LogP contribution is 2.20. The maximum absolute atomic E-state index is 12.4. The summed E-state index contributed by atoms with van der Waals surface area (Å²) in [6, 6.07) is 12.6. The molecule has 9 heteroatoms.